The van der Waals surface area contributed by atoms with E-state index in [4.69, 9.17) is 21.6 Å². The summed E-state index contributed by atoms with van der Waals surface area (Å²) in [6.07, 6.45) is 0. The molecule has 0 spiro atoms. The highest BCUT2D eigenvalue weighted by Crippen LogP contribution is 2.31. The van der Waals surface area contributed by atoms with Gasteiger partial charge in [-0.1, -0.05) is 11.6 Å². The van der Waals surface area contributed by atoms with Crippen molar-refractivity contribution in [1.29, 1.82) is 5.26 Å². The number of nitriles is 1. The first kappa shape index (κ1) is 11.7. The normalized spacial score (nSPS) is 11.7. The number of hydrogen-bond donors (Lipinski definition) is 1. The fourth-order valence-corrected chi connectivity index (χ4v) is 1.36. The van der Waals surface area contributed by atoms with Crippen LogP contribution in [0.1, 0.15) is 12.5 Å². The minimum Gasteiger partial charge on any atom is -0.495 e. The quantitative estimate of drug-likeness (QED) is 0.859. The Kier molecular flexibility index (Phi) is 3.81. The average molecular weight is 225 g/mol. The van der Waals surface area contributed by atoms with Crippen molar-refractivity contribution < 1.29 is 4.74 Å². The van der Waals surface area contributed by atoms with Gasteiger partial charge < -0.3 is 10.1 Å². The molecule has 0 aliphatic heterocycles. The summed E-state index contributed by atoms with van der Waals surface area (Å²) < 4.78 is 5.17. The number of nitrogens with zero attached hydrogens (tertiary/aromatic N) is 1. The summed E-state index contributed by atoms with van der Waals surface area (Å²) in [5, 5.41) is 12.4. The van der Waals surface area contributed by atoms with Crippen molar-refractivity contribution in [2.75, 3.05) is 12.4 Å². The van der Waals surface area contributed by atoms with Gasteiger partial charge in [0.25, 0.3) is 0 Å². The van der Waals surface area contributed by atoms with Crippen molar-refractivity contribution in [1.82, 2.24) is 0 Å². The predicted molar refractivity (Wildman–Crippen MR) is 61.4 cm³/mol. The summed E-state index contributed by atoms with van der Waals surface area (Å²) in [6, 6.07) is 5.44. The van der Waals surface area contributed by atoms with Crippen molar-refractivity contribution >= 4 is 17.3 Å². The van der Waals surface area contributed by atoms with Crippen LogP contribution in [-0.4, -0.2) is 13.2 Å². The van der Waals surface area contributed by atoms with Crippen LogP contribution in [0.5, 0.6) is 5.75 Å². The standard InChI is InChI=1S/C11H13ClN2O/c1-7-4-10(14-8(2)6-13)11(15-3)5-9(7)12/h4-5,8,14H,1-3H3. The molecule has 0 heterocycles. The van der Waals surface area contributed by atoms with Gasteiger partial charge in [0.15, 0.2) is 0 Å². The van der Waals surface area contributed by atoms with Gasteiger partial charge in [-0.15, -0.1) is 0 Å². The largest absolute Gasteiger partial charge is 0.495 e. The van der Waals surface area contributed by atoms with E-state index < -0.39 is 0 Å². The van der Waals surface area contributed by atoms with Gasteiger partial charge in [-0.25, -0.2) is 0 Å². The number of aryl methyl sites for hydroxylation is 1. The molecule has 0 aromatic heterocycles. The fourth-order valence-electron chi connectivity index (χ4n) is 1.21. The lowest BCUT2D eigenvalue weighted by Gasteiger charge is -2.14. The summed E-state index contributed by atoms with van der Waals surface area (Å²) in [5.41, 5.74) is 1.73. The highest BCUT2D eigenvalue weighted by molar-refractivity contribution is 6.31. The molecule has 0 fully saturated rings. The Morgan fingerprint density at radius 2 is 2.20 bits per heavy atom. The van der Waals surface area contributed by atoms with Crippen molar-refractivity contribution in [3.05, 3.63) is 22.7 Å². The minimum atomic E-state index is -0.264. The first-order valence-electron chi connectivity index (χ1n) is 4.58. The van der Waals surface area contributed by atoms with Crippen LogP contribution in [0.2, 0.25) is 5.02 Å². The maximum atomic E-state index is 8.70. The topological polar surface area (TPSA) is 45.0 Å². The van der Waals surface area contributed by atoms with Gasteiger partial charge in [0.2, 0.25) is 0 Å². The maximum Gasteiger partial charge on any atom is 0.143 e. The van der Waals surface area contributed by atoms with Gasteiger partial charge in [-0.3, -0.25) is 0 Å². The zero-order valence-corrected chi connectivity index (χ0v) is 9.72. The van der Waals surface area contributed by atoms with E-state index in [1.165, 1.54) is 0 Å². The van der Waals surface area contributed by atoms with Crippen LogP contribution in [0.15, 0.2) is 12.1 Å². The highest BCUT2D eigenvalue weighted by Gasteiger charge is 2.08. The van der Waals surface area contributed by atoms with E-state index in [0.717, 1.165) is 11.3 Å². The number of methoxy groups -OCH3 is 1. The van der Waals surface area contributed by atoms with E-state index in [-0.39, 0.29) is 6.04 Å². The van der Waals surface area contributed by atoms with E-state index >= 15 is 0 Å². The number of benzene rings is 1. The van der Waals surface area contributed by atoms with Crippen LogP contribution in [0.4, 0.5) is 5.69 Å². The molecule has 0 saturated carbocycles. The lowest BCUT2D eigenvalue weighted by molar-refractivity contribution is 0.416. The van der Waals surface area contributed by atoms with E-state index in [0.29, 0.717) is 10.8 Å². The molecule has 1 N–H and O–H groups in total. The second kappa shape index (κ2) is 4.90. The fraction of sp³-hybridized carbons (Fsp3) is 0.364. The van der Waals surface area contributed by atoms with Gasteiger partial charge in [0.1, 0.15) is 11.8 Å². The molecule has 80 valence electrons. The maximum absolute atomic E-state index is 8.70. The van der Waals surface area contributed by atoms with E-state index in [1.807, 2.05) is 13.0 Å². The average Bonchev–Trinajstić information content (AvgIpc) is 2.22. The van der Waals surface area contributed by atoms with E-state index in [2.05, 4.69) is 11.4 Å². The van der Waals surface area contributed by atoms with Crippen LogP contribution < -0.4 is 10.1 Å². The lowest BCUT2D eigenvalue weighted by atomic mass is 10.2. The Labute approximate surface area is 94.6 Å². The third-order valence-corrected chi connectivity index (χ3v) is 2.45. The molecule has 0 aliphatic rings. The number of halogens is 1. The van der Waals surface area contributed by atoms with Crippen LogP contribution in [0.3, 0.4) is 0 Å². The zero-order valence-electron chi connectivity index (χ0n) is 8.97. The monoisotopic (exact) mass is 224 g/mol. The minimum absolute atomic E-state index is 0.264. The summed E-state index contributed by atoms with van der Waals surface area (Å²) >= 11 is 5.96. The van der Waals surface area contributed by atoms with Gasteiger partial charge in [0.05, 0.1) is 18.9 Å². The van der Waals surface area contributed by atoms with Gasteiger partial charge in [0, 0.05) is 11.1 Å². The second-order valence-corrected chi connectivity index (χ2v) is 3.70. The smallest absolute Gasteiger partial charge is 0.143 e. The van der Waals surface area contributed by atoms with E-state index in [1.54, 1.807) is 20.1 Å². The molecule has 0 aliphatic carbocycles. The summed E-state index contributed by atoms with van der Waals surface area (Å²) in [6.45, 7) is 3.69. The zero-order chi connectivity index (χ0) is 11.4. The Morgan fingerprint density at radius 1 is 1.53 bits per heavy atom. The Hall–Kier alpha value is -1.40. The molecule has 1 atom stereocenters. The number of ether oxygens (including phenoxy) is 1. The molecule has 1 aromatic rings. The van der Waals surface area contributed by atoms with Gasteiger partial charge >= 0.3 is 0 Å². The first-order chi connectivity index (χ1) is 7.08. The Morgan fingerprint density at radius 3 is 2.73 bits per heavy atom. The van der Waals surface area contributed by atoms with Crippen molar-refractivity contribution in [2.45, 2.75) is 19.9 Å². The Balaban J connectivity index is 3.06. The summed E-state index contributed by atoms with van der Waals surface area (Å²) in [7, 11) is 1.57. The van der Waals surface area contributed by atoms with Gasteiger partial charge in [-0.2, -0.15) is 5.26 Å². The third-order valence-electron chi connectivity index (χ3n) is 2.05. The van der Waals surface area contributed by atoms with Crippen molar-refractivity contribution in [2.24, 2.45) is 0 Å². The molecule has 3 nitrogen and oxygen atoms in total. The lowest BCUT2D eigenvalue weighted by Crippen LogP contribution is -2.12. The molecule has 0 saturated heterocycles. The highest BCUT2D eigenvalue weighted by atomic mass is 35.5. The summed E-state index contributed by atoms with van der Waals surface area (Å²) in [5.74, 6) is 0.646. The summed E-state index contributed by atoms with van der Waals surface area (Å²) in [4.78, 5) is 0. The van der Waals surface area contributed by atoms with Crippen LogP contribution in [-0.2, 0) is 0 Å². The molecule has 0 amide bonds. The number of hydrogen-bond acceptors (Lipinski definition) is 3. The third kappa shape index (κ3) is 2.77. The first-order valence-corrected chi connectivity index (χ1v) is 4.96. The molecule has 1 unspecified atom stereocenters. The molecular formula is C11H13ClN2O. The van der Waals surface area contributed by atoms with Crippen LogP contribution in [0.25, 0.3) is 0 Å². The molecule has 0 radical (unpaired) electrons. The second-order valence-electron chi connectivity index (χ2n) is 3.30. The predicted octanol–water partition coefficient (Wildman–Crippen LogP) is 2.98. The van der Waals surface area contributed by atoms with E-state index in [9.17, 15) is 0 Å². The Bertz CT molecular complexity index is 398. The number of rotatable bonds is 3. The molecule has 4 heteroatoms. The van der Waals surface area contributed by atoms with Crippen molar-refractivity contribution in [3.63, 3.8) is 0 Å². The number of anilines is 1. The van der Waals surface area contributed by atoms with Crippen LogP contribution in [0, 0.1) is 18.3 Å². The molecule has 1 rings (SSSR count). The molecule has 1 aromatic carbocycles. The van der Waals surface area contributed by atoms with Gasteiger partial charge in [-0.05, 0) is 25.5 Å². The number of nitrogens with one attached hydrogen (secondary N) is 1. The van der Waals surface area contributed by atoms with Crippen LogP contribution >= 0.6 is 11.6 Å². The molecule has 0 bridgehead atoms. The van der Waals surface area contributed by atoms with Crippen molar-refractivity contribution in [3.8, 4) is 11.8 Å². The molecule has 15 heavy (non-hydrogen) atoms. The molecular weight excluding hydrogens is 212 g/mol. The SMILES string of the molecule is COc1cc(Cl)c(C)cc1NC(C)C#N.